The Balaban J connectivity index is 1.68. The molecule has 0 aliphatic rings. The highest BCUT2D eigenvalue weighted by atomic mass is 79.9. The van der Waals surface area contributed by atoms with Crippen LogP contribution in [0.1, 0.15) is 12.8 Å². The predicted molar refractivity (Wildman–Crippen MR) is 99.1 cm³/mol. The topological polar surface area (TPSA) is 94.3 Å². The van der Waals surface area contributed by atoms with E-state index in [-0.39, 0.29) is 17.3 Å². The molecular formula is C17H16BrN3O4S. The van der Waals surface area contributed by atoms with Crippen LogP contribution >= 0.6 is 15.9 Å². The van der Waals surface area contributed by atoms with Gasteiger partial charge in [-0.05, 0) is 43.3 Å². The summed E-state index contributed by atoms with van der Waals surface area (Å²) in [5.41, 5.74) is 0.767. The molecule has 9 heteroatoms. The van der Waals surface area contributed by atoms with E-state index in [0.29, 0.717) is 18.2 Å². The Bertz CT molecular complexity index is 987. The van der Waals surface area contributed by atoms with Crippen LogP contribution in [0.5, 0.6) is 5.75 Å². The molecular weight excluding hydrogens is 422 g/mol. The van der Waals surface area contributed by atoms with Crippen molar-refractivity contribution in [1.29, 1.82) is 0 Å². The first-order chi connectivity index (χ1) is 12.5. The lowest BCUT2D eigenvalue weighted by Crippen LogP contribution is -2.23. The average molecular weight is 438 g/mol. The van der Waals surface area contributed by atoms with Crippen molar-refractivity contribution in [2.24, 2.45) is 0 Å². The second kappa shape index (κ2) is 7.98. The zero-order valence-corrected chi connectivity index (χ0v) is 16.2. The summed E-state index contributed by atoms with van der Waals surface area (Å²) in [6, 6.07) is 13.6. The van der Waals surface area contributed by atoms with Crippen LogP contribution in [0.25, 0.3) is 11.4 Å². The first kappa shape index (κ1) is 18.6. The van der Waals surface area contributed by atoms with Crippen molar-refractivity contribution in [2.75, 3.05) is 6.61 Å². The van der Waals surface area contributed by atoms with Gasteiger partial charge in [-0.25, -0.2) is 13.1 Å². The SMILES string of the molecule is CCOc1ccc(S(=O)(=O)NCc2nc(-c3cccc(Br)c3)no2)cc1. The molecule has 7 nitrogen and oxygen atoms in total. The van der Waals surface area contributed by atoms with Gasteiger partial charge in [-0.1, -0.05) is 33.2 Å². The van der Waals surface area contributed by atoms with Gasteiger partial charge in [0.1, 0.15) is 5.75 Å². The summed E-state index contributed by atoms with van der Waals surface area (Å²) in [5, 5.41) is 3.87. The van der Waals surface area contributed by atoms with Crippen LogP contribution in [0.4, 0.5) is 0 Å². The van der Waals surface area contributed by atoms with Crippen molar-refractivity contribution in [3.05, 3.63) is 58.9 Å². The lowest BCUT2D eigenvalue weighted by atomic mass is 10.2. The molecule has 0 bridgehead atoms. The molecule has 0 spiro atoms. The minimum Gasteiger partial charge on any atom is -0.494 e. The fourth-order valence-corrected chi connectivity index (χ4v) is 3.57. The molecule has 0 aliphatic heterocycles. The van der Waals surface area contributed by atoms with Crippen LogP contribution in [0, 0.1) is 0 Å². The zero-order chi connectivity index (χ0) is 18.6. The number of sulfonamides is 1. The molecule has 0 saturated carbocycles. The van der Waals surface area contributed by atoms with Crippen molar-refractivity contribution in [3.63, 3.8) is 0 Å². The van der Waals surface area contributed by atoms with Gasteiger partial charge in [0.05, 0.1) is 18.0 Å². The number of hydrogen-bond acceptors (Lipinski definition) is 6. The van der Waals surface area contributed by atoms with E-state index in [2.05, 4.69) is 30.8 Å². The van der Waals surface area contributed by atoms with Crippen LogP contribution in [0.15, 0.2) is 62.4 Å². The smallest absolute Gasteiger partial charge is 0.242 e. The van der Waals surface area contributed by atoms with Gasteiger partial charge in [0.2, 0.25) is 21.7 Å². The lowest BCUT2D eigenvalue weighted by Gasteiger charge is -2.06. The molecule has 0 atom stereocenters. The maximum atomic E-state index is 12.3. The highest BCUT2D eigenvalue weighted by molar-refractivity contribution is 9.10. The molecule has 0 saturated heterocycles. The Labute approximate surface area is 159 Å². The summed E-state index contributed by atoms with van der Waals surface area (Å²) in [5.74, 6) is 1.18. The summed E-state index contributed by atoms with van der Waals surface area (Å²) >= 11 is 3.38. The fraction of sp³-hybridized carbons (Fsp3) is 0.176. The van der Waals surface area contributed by atoms with Crippen LogP contribution < -0.4 is 9.46 Å². The standard InChI is InChI=1S/C17H16BrN3O4S/c1-2-24-14-6-8-15(9-7-14)26(22,23)19-11-16-20-17(21-25-16)12-4-3-5-13(18)10-12/h3-10,19H,2,11H2,1H3. The molecule has 136 valence electrons. The zero-order valence-electron chi connectivity index (χ0n) is 13.8. The average Bonchev–Trinajstić information content (AvgIpc) is 3.10. The number of nitrogens with zero attached hydrogens (tertiary/aromatic N) is 2. The van der Waals surface area contributed by atoms with Gasteiger partial charge in [0, 0.05) is 10.0 Å². The molecule has 3 rings (SSSR count). The van der Waals surface area contributed by atoms with Crippen LogP contribution in [-0.2, 0) is 16.6 Å². The van der Waals surface area contributed by atoms with Gasteiger partial charge >= 0.3 is 0 Å². The van der Waals surface area contributed by atoms with Crippen LogP contribution in [-0.4, -0.2) is 25.2 Å². The molecule has 1 aromatic heterocycles. The quantitative estimate of drug-likeness (QED) is 0.608. The summed E-state index contributed by atoms with van der Waals surface area (Å²) < 4.78 is 38.5. The van der Waals surface area contributed by atoms with E-state index in [1.165, 1.54) is 12.1 Å². The van der Waals surface area contributed by atoms with Crippen molar-refractivity contribution in [1.82, 2.24) is 14.9 Å². The second-order valence-electron chi connectivity index (χ2n) is 5.25. The largest absolute Gasteiger partial charge is 0.494 e. The molecule has 3 aromatic rings. The summed E-state index contributed by atoms with van der Waals surface area (Å²) in [6.45, 7) is 2.28. The van der Waals surface area contributed by atoms with E-state index in [0.717, 1.165) is 10.0 Å². The molecule has 0 amide bonds. The van der Waals surface area contributed by atoms with Gasteiger partial charge in [-0.3, -0.25) is 0 Å². The van der Waals surface area contributed by atoms with Crippen molar-refractivity contribution in [3.8, 4) is 17.1 Å². The number of aromatic nitrogens is 2. The molecule has 0 aliphatic carbocycles. The van der Waals surface area contributed by atoms with Crippen molar-refractivity contribution in [2.45, 2.75) is 18.4 Å². The Morgan fingerprint density at radius 2 is 1.96 bits per heavy atom. The summed E-state index contributed by atoms with van der Waals surface area (Å²) in [4.78, 5) is 4.34. The highest BCUT2D eigenvalue weighted by Crippen LogP contribution is 2.20. The molecule has 2 aromatic carbocycles. The summed E-state index contributed by atoms with van der Waals surface area (Å²) in [7, 11) is -3.69. The first-order valence-electron chi connectivity index (χ1n) is 7.79. The van der Waals surface area contributed by atoms with Crippen molar-refractivity contribution >= 4 is 26.0 Å². The third kappa shape index (κ3) is 4.48. The number of nitrogens with one attached hydrogen (secondary N) is 1. The Kier molecular flexibility index (Phi) is 5.70. The number of hydrogen-bond donors (Lipinski definition) is 1. The van der Waals surface area contributed by atoms with Crippen molar-refractivity contribution < 1.29 is 17.7 Å². The fourth-order valence-electron chi connectivity index (χ4n) is 2.19. The van der Waals surface area contributed by atoms with E-state index in [1.54, 1.807) is 12.1 Å². The van der Waals surface area contributed by atoms with Gasteiger partial charge in [0.15, 0.2) is 0 Å². The minimum atomic E-state index is -3.69. The normalized spacial score (nSPS) is 11.5. The van der Waals surface area contributed by atoms with Crippen LogP contribution in [0.2, 0.25) is 0 Å². The highest BCUT2D eigenvalue weighted by Gasteiger charge is 2.16. The van der Waals surface area contributed by atoms with E-state index in [4.69, 9.17) is 9.26 Å². The van der Waals surface area contributed by atoms with Gasteiger partial charge in [-0.15, -0.1) is 0 Å². The first-order valence-corrected chi connectivity index (χ1v) is 10.1. The molecule has 1 heterocycles. The van der Waals surface area contributed by atoms with Gasteiger partial charge in [0.25, 0.3) is 0 Å². The molecule has 0 unspecified atom stereocenters. The monoisotopic (exact) mass is 437 g/mol. The summed E-state index contributed by atoms with van der Waals surface area (Å²) in [6.07, 6.45) is 0. The van der Waals surface area contributed by atoms with Gasteiger partial charge in [-0.2, -0.15) is 4.98 Å². The Morgan fingerprint density at radius 1 is 1.19 bits per heavy atom. The molecule has 26 heavy (non-hydrogen) atoms. The molecule has 0 fully saturated rings. The molecule has 1 N–H and O–H groups in total. The van der Waals surface area contributed by atoms with E-state index >= 15 is 0 Å². The maximum Gasteiger partial charge on any atom is 0.242 e. The van der Waals surface area contributed by atoms with Gasteiger partial charge < -0.3 is 9.26 Å². The number of ether oxygens (including phenoxy) is 1. The Morgan fingerprint density at radius 3 is 2.65 bits per heavy atom. The lowest BCUT2D eigenvalue weighted by molar-refractivity contribution is 0.340. The predicted octanol–water partition coefficient (Wildman–Crippen LogP) is 3.38. The van der Waals surface area contributed by atoms with E-state index < -0.39 is 10.0 Å². The Hall–Kier alpha value is -2.23. The third-order valence-corrected chi connectivity index (χ3v) is 5.32. The maximum absolute atomic E-state index is 12.3. The minimum absolute atomic E-state index is 0.101. The number of benzene rings is 2. The molecule has 0 radical (unpaired) electrons. The van der Waals surface area contributed by atoms with E-state index in [1.807, 2.05) is 31.2 Å². The second-order valence-corrected chi connectivity index (χ2v) is 7.93. The number of halogens is 1. The van der Waals surface area contributed by atoms with Crippen LogP contribution in [0.3, 0.4) is 0 Å². The number of rotatable bonds is 7. The van der Waals surface area contributed by atoms with E-state index in [9.17, 15) is 8.42 Å². The third-order valence-electron chi connectivity index (χ3n) is 3.41.